The third-order valence-electron chi connectivity index (χ3n) is 3.85. The molecule has 3 heterocycles. The van der Waals surface area contributed by atoms with E-state index >= 15 is 0 Å². The smallest absolute Gasteiger partial charge is 0.156 e. The molecule has 0 atom stereocenters. The van der Waals surface area contributed by atoms with Crippen LogP contribution in [0, 0.1) is 6.92 Å². The van der Waals surface area contributed by atoms with E-state index in [9.17, 15) is 0 Å². The van der Waals surface area contributed by atoms with Crippen molar-refractivity contribution in [1.29, 1.82) is 0 Å². The highest BCUT2D eigenvalue weighted by Crippen LogP contribution is 2.40. The average Bonchev–Trinajstić information content (AvgIpc) is 2.57. The zero-order valence-corrected chi connectivity index (χ0v) is 14.5. The van der Waals surface area contributed by atoms with Gasteiger partial charge in [0.1, 0.15) is 0 Å². The maximum Gasteiger partial charge on any atom is 0.156 e. The van der Waals surface area contributed by atoms with E-state index in [0.29, 0.717) is 0 Å². The number of pyridine rings is 2. The van der Waals surface area contributed by atoms with Gasteiger partial charge in [0.2, 0.25) is 0 Å². The summed E-state index contributed by atoms with van der Waals surface area (Å²) in [6.45, 7) is 2.06. The Labute approximate surface area is 145 Å². The molecule has 0 bridgehead atoms. The molecule has 0 saturated carbocycles. The minimum Gasteiger partial charge on any atom is -0.349 e. The van der Waals surface area contributed by atoms with Gasteiger partial charge in [-0.15, -0.1) is 0 Å². The molecule has 0 amide bonds. The number of rotatable bonds is 3. The Bertz CT molecular complexity index is 924. The summed E-state index contributed by atoms with van der Waals surface area (Å²) in [6, 6.07) is 10.2. The summed E-state index contributed by atoms with van der Waals surface area (Å²) in [5, 5.41) is 7.86. The van der Waals surface area contributed by atoms with Crippen LogP contribution in [0.2, 0.25) is 0 Å². The van der Waals surface area contributed by atoms with Gasteiger partial charge in [-0.2, -0.15) is 0 Å². The first-order valence-corrected chi connectivity index (χ1v) is 8.43. The van der Waals surface area contributed by atoms with E-state index in [2.05, 4.69) is 39.4 Å². The van der Waals surface area contributed by atoms with Gasteiger partial charge in [-0.25, -0.2) is 14.3 Å². The number of hydrogen-bond donors (Lipinski definition) is 3. The molecule has 0 fully saturated rings. The summed E-state index contributed by atoms with van der Waals surface area (Å²) in [4.78, 5) is 9.15. The molecule has 7 heteroatoms. The van der Waals surface area contributed by atoms with E-state index in [1.54, 1.807) is 6.20 Å². The molecule has 122 valence electrons. The van der Waals surface area contributed by atoms with Crippen molar-refractivity contribution in [3.8, 4) is 0 Å². The third kappa shape index (κ3) is 2.61. The summed E-state index contributed by atoms with van der Waals surface area (Å²) in [7, 11) is 4.00. The Morgan fingerprint density at radius 2 is 2.00 bits per heavy atom. The Hall–Kier alpha value is -2.51. The predicted octanol–water partition coefficient (Wildman–Crippen LogP) is 4.28. The summed E-state index contributed by atoms with van der Waals surface area (Å²) in [6.07, 6.45) is 1.80. The van der Waals surface area contributed by atoms with Crippen LogP contribution in [0.5, 0.6) is 0 Å². The molecule has 1 aromatic carbocycles. The summed E-state index contributed by atoms with van der Waals surface area (Å²) in [5.41, 5.74) is 5.07. The van der Waals surface area contributed by atoms with Gasteiger partial charge in [0.05, 0.1) is 22.6 Å². The number of benzene rings is 1. The number of nitrogens with one attached hydrogen (secondary N) is 3. The SMILES string of the molecule is Cc1ccnc2c1Nc1cc3c(NSN(C)C)cccc3nc1N2. The fraction of sp³-hybridized carbons (Fsp3) is 0.176. The predicted molar refractivity (Wildman–Crippen MR) is 102 cm³/mol. The number of fused-ring (bicyclic) bond motifs is 3. The molecule has 1 aliphatic rings. The standard InChI is InChI=1S/C17H18N6S/c1-10-7-8-18-17-15(10)19-14-9-11-12(20-16(14)21-17)5-4-6-13(11)22-24-23(2)3/h4-9,19,22H,1-3H3,(H,18,20,21). The van der Waals surface area contributed by atoms with Crippen molar-refractivity contribution >= 4 is 51.7 Å². The number of aromatic nitrogens is 2. The number of aryl methyl sites for hydroxylation is 1. The van der Waals surface area contributed by atoms with Crippen LogP contribution in [0.1, 0.15) is 5.56 Å². The van der Waals surface area contributed by atoms with Crippen LogP contribution in [0.25, 0.3) is 10.9 Å². The summed E-state index contributed by atoms with van der Waals surface area (Å²) >= 11 is 1.54. The van der Waals surface area contributed by atoms with Gasteiger partial charge in [-0.05, 0) is 50.8 Å². The fourth-order valence-corrected chi connectivity index (χ4v) is 3.13. The van der Waals surface area contributed by atoms with Crippen molar-refractivity contribution in [2.24, 2.45) is 0 Å². The third-order valence-corrected chi connectivity index (χ3v) is 4.53. The van der Waals surface area contributed by atoms with E-state index in [-0.39, 0.29) is 0 Å². The molecule has 3 aromatic rings. The van der Waals surface area contributed by atoms with Crippen LogP contribution >= 0.6 is 12.1 Å². The van der Waals surface area contributed by atoms with Crippen LogP contribution < -0.4 is 15.4 Å². The average molecular weight is 338 g/mol. The topological polar surface area (TPSA) is 65.1 Å². The van der Waals surface area contributed by atoms with Crippen LogP contribution in [-0.2, 0) is 0 Å². The lowest BCUT2D eigenvalue weighted by molar-refractivity contribution is 0.706. The van der Waals surface area contributed by atoms with Crippen LogP contribution in [0.4, 0.5) is 28.7 Å². The second-order valence-electron chi connectivity index (χ2n) is 5.86. The number of hydrogen-bond acceptors (Lipinski definition) is 7. The van der Waals surface area contributed by atoms with Crippen LogP contribution in [-0.4, -0.2) is 28.4 Å². The van der Waals surface area contributed by atoms with Gasteiger partial charge < -0.3 is 15.4 Å². The quantitative estimate of drug-likeness (QED) is 0.482. The second-order valence-corrected chi connectivity index (χ2v) is 6.98. The summed E-state index contributed by atoms with van der Waals surface area (Å²) < 4.78 is 5.38. The molecule has 6 nitrogen and oxygen atoms in total. The monoisotopic (exact) mass is 338 g/mol. The molecular formula is C17H18N6S. The molecule has 0 spiro atoms. The van der Waals surface area contributed by atoms with Crippen molar-refractivity contribution in [3.05, 3.63) is 42.1 Å². The molecule has 0 saturated heterocycles. The highest BCUT2D eigenvalue weighted by atomic mass is 32.2. The zero-order valence-electron chi connectivity index (χ0n) is 13.7. The molecule has 0 unspecified atom stereocenters. The van der Waals surface area contributed by atoms with E-state index in [1.807, 2.05) is 36.6 Å². The van der Waals surface area contributed by atoms with Crippen molar-refractivity contribution in [3.63, 3.8) is 0 Å². The fourth-order valence-electron chi connectivity index (χ4n) is 2.67. The van der Waals surface area contributed by atoms with Gasteiger partial charge in [0, 0.05) is 23.7 Å². The van der Waals surface area contributed by atoms with Crippen molar-refractivity contribution < 1.29 is 0 Å². The van der Waals surface area contributed by atoms with Gasteiger partial charge in [0.15, 0.2) is 11.6 Å². The van der Waals surface area contributed by atoms with Crippen molar-refractivity contribution in [2.75, 3.05) is 29.5 Å². The van der Waals surface area contributed by atoms with Crippen LogP contribution in [0.15, 0.2) is 36.5 Å². The maximum absolute atomic E-state index is 4.76. The zero-order chi connectivity index (χ0) is 16.7. The van der Waals surface area contributed by atoms with E-state index in [1.165, 1.54) is 12.1 Å². The Balaban J connectivity index is 1.79. The molecule has 2 aromatic heterocycles. The lowest BCUT2D eigenvalue weighted by atomic mass is 10.1. The van der Waals surface area contributed by atoms with E-state index in [4.69, 9.17) is 4.98 Å². The molecule has 24 heavy (non-hydrogen) atoms. The second kappa shape index (κ2) is 5.85. The highest BCUT2D eigenvalue weighted by molar-refractivity contribution is 7.98. The Kier molecular flexibility index (Phi) is 3.66. The first-order valence-electron chi connectivity index (χ1n) is 7.65. The Morgan fingerprint density at radius 1 is 1.12 bits per heavy atom. The molecule has 0 aliphatic carbocycles. The lowest BCUT2D eigenvalue weighted by Crippen LogP contribution is -2.11. The van der Waals surface area contributed by atoms with Crippen molar-refractivity contribution in [2.45, 2.75) is 6.92 Å². The van der Waals surface area contributed by atoms with Gasteiger partial charge >= 0.3 is 0 Å². The van der Waals surface area contributed by atoms with Gasteiger partial charge in [-0.3, -0.25) is 0 Å². The Morgan fingerprint density at radius 3 is 2.83 bits per heavy atom. The minimum absolute atomic E-state index is 0.797. The molecular weight excluding hydrogens is 320 g/mol. The summed E-state index contributed by atoms with van der Waals surface area (Å²) in [5.74, 6) is 1.61. The van der Waals surface area contributed by atoms with Crippen molar-refractivity contribution in [1.82, 2.24) is 14.3 Å². The molecule has 0 radical (unpaired) electrons. The number of anilines is 5. The lowest BCUT2D eigenvalue weighted by Gasteiger charge is -2.23. The molecule has 3 N–H and O–H groups in total. The molecule has 1 aliphatic heterocycles. The first-order chi connectivity index (χ1) is 11.6. The van der Waals surface area contributed by atoms with E-state index < -0.39 is 0 Å². The normalized spacial score (nSPS) is 12.3. The highest BCUT2D eigenvalue weighted by Gasteiger charge is 2.19. The first kappa shape index (κ1) is 15.0. The largest absolute Gasteiger partial charge is 0.349 e. The molecule has 4 rings (SSSR count). The van der Waals surface area contributed by atoms with Gasteiger partial charge in [0.25, 0.3) is 0 Å². The minimum atomic E-state index is 0.797. The van der Waals surface area contributed by atoms with E-state index in [0.717, 1.165) is 45.2 Å². The van der Waals surface area contributed by atoms with Gasteiger partial charge in [-0.1, -0.05) is 6.07 Å². The number of nitrogens with zero attached hydrogens (tertiary/aromatic N) is 3. The van der Waals surface area contributed by atoms with Crippen LogP contribution in [0.3, 0.4) is 0 Å². The maximum atomic E-state index is 4.76.